The van der Waals surface area contributed by atoms with Gasteiger partial charge in [0.25, 0.3) is 5.79 Å². The van der Waals surface area contributed by atoms with Gasteiger partial charge in [-0.15, -0.1) is 0 Å². The van der Waals surface area contributed by atoms with E-state index in [-0.39, 0.29) is 16.8 Å². The standard InChI is InChI=1S/C18H16N2O4/c1-9-6-7-14-12(8-9)17(20-10(2)21)16(22)15-11(18(17,23)24-14)4-3-5-13(15)19/h3-8,23H,19H2,1-2H3,(H,20,21)/t17?,18-/m1/s1. The van der Waals surface area contributed by atoms with Crippen molar-refractivity contribution in [2.75, 3.05) is 5.73 Å². The monoisotopic (exact) mass is 324 g/mol. The fourth-order valence-electron chi connectivity index (χ4n) is 3.74. The summed E-state index contributed by atoms with van der Waals surface area (Å²) in [5.41, 5.74) is 6.21. The highest BCUT2D eigenvalue weighted by Gasteiger charge is 2.71. The van der Waals surface area contributed by atoms with Crippen LogP contribution < -0.4 is 15.8 Å². The molecule has 0 saturated carbocycles. The zero-order valence-corrected chi connectivity index (χ0v) is 13.2. The number of anilines is 1. The number of nitrogens with two attached hydrogens (primary N) is 1. The molecule has 2 aliphatic rings. The molecule has 2 atom stereocenters. The van der Waals surface area contributed by atoms with Gasteiger partial charge in [-0.05, 0) is 25.1 Å². The maximum atomic E-state index is 13.3. The molecule has 0 bridgehead atoms. The zero-order valence-electron chi connectivity index (χ0n) is 13.2. The first-order chi connectivity index (χ1) is 11.3. The summed E-state index contributed by atoms with van der Waals surface area (Å²) in [6, 6.07) is 10.1. The van der Waals surface area contributed by atoms with Crippen molar-refractivity contribution >= 4 is 17.4 Å². The molecule has 1 amide bonds. The lowest BCUT2D eigenvalue weighted by molar-refractivity contribution is -0.175. The number of rotatable bonds is 1. The number of amides is 1. The molecule has 6 heteroatoms. The highest BCUT2D eigenvalue weighted by atomic mass is 16.6. The largest absolute Gasteiger partial charge is 0.454 e. The van der Waals surface area contributed by atoms with Crippen molar-refractivity contribution in [3.05, 3.63) is 58.7 Å². The molecular formula is C18H16N2O4. The second kappa shape index (κ2) is 4.36. The number of ketones is 1. The van der Waals surface area contributed by atoms with Gasteiger partial charge in [0.05, 0.1) is 5.56 Å². The average molecular weight is 324 g/mol. The number of aliphatic hydroxyl groups is 1. The van der Waals surface area contributed by atoms with Gasteiger partial charge in [0.1, 0.15) is 5.75 Å². The van der Waals surface area contributed by atoms with Crippen molar-refractivity contribution in [2.24, 2.45) is 0 Å². The van der Waals surface area contributed by atoms with Gasteiger partial charge in [-0.1, -0.05) is 23.8 Å². The van der Waals surface area contributed by atoms with Crippen LogP contribution in [-0.2, 0) is 16.1 Å². The van der Waals surface area contributed by atoms with E-state index < -0.39 is 23.0 Å². The summed E-state index contributed by atoms with van der Waals surface area (Å²) in [4.78, 5) is 25.2. The second-order valence-corrected chi connectivity index (χ2v) is 6.28. The molecule has 0 spiro atoms. The molecule has 0 aromatic heterocycles. The number of aryl methyl sites for hydroxylation is 1. The molecule has 1 unspecified atom stereocenters. The number of hydrogen-bond donors (Lipinski definition) is 3. The topological polar surface area (TPSA) is 102 Å². The summed E-state index contributed by atoms with van der Waals surface area (Å²) in [7, 11) is 0. The Kier molecular flexibility index (Phi) is 2.67. The van der Waals surface area contributed by atoms with Crippen LogP contribution in [0, 0.1) is 6.92 Å². The fourth-order valence-corrected chi connectivity index (χ4v) is 3.74. The van der Waals surface area contributed by atoms with Crippen LogP contribution in [-0.4, -0.2) is 16.8 Å². The van der Waals surface area contributed by atoms with E-state index >= 15 is 0 Å². The van der Waals surface area contributed by atoms with E-state index in [1.165, 1.54) is 6.92 Å². The number of carbonyl (C=O) groups excluding carboxylic acids is 2. The van der Waals surface area contributed by atoms with Gasteiger partial charge in [0.2, 0.25) is 17.2 Å². The molecular weight excluding hydrogens is 308 g/mol. The van der Waals surface area contributed by atoms with Crippen molar-refractivity contribution in [3.8, 4) is 5.75 Å². The molecule has 122 valence electrons. The second-order valence-electron chi connectivity index (χ2n) is 6.28. The highest BCUT2D eigenvalue weighted by Crippen LogP contribution is 2.58. The van der Waals surface area contributed by atoms with E-state index in [4.69, 9.17) is 10.5 Å². The summed E-state index contributed by atoms with van der Waals surface area (Å²) in [5, 5.41) is 14.0. The van der Waals surface area contributed by atoms with Crippen LogP contribution in [0.15, 0.2) is 36.4 Å². The van der Waals surface area contributed by atoms with Crippen LogP contribution in [0.3, 0.4) is 0 Å². The number of ether oxygens (including phenoxy) is 1. The SMILES string of the molecule is CC(=O)NC12C(=O)c3c(N)cccc3[C@@]1(O)Oc1ccc(C)cc12. The van der Waals surface area contributed by atoms with E-state index in [0.717, 1.165) is 5.56 Å². The van der Waals surface area contributed by atoms with Crippen molar-refractivity contribution in [3.63, 3.8) is 0 Å². The molecule has 1 heterocycles. The molecule has 4 rings (SSSR count). The van der Waals surface area contributed by atoms with E-state index in [2.05, 4.69) is 5.32 Å². The molecule has 0 fully saturated rings. The Hall–Kier alpha value is -2.86. The van der Waals surface area contributed by atoms with Crippen molar-refractivity contribution in [2.45, 2.75) is 25.2 Å². The first kappa shape index (κ1) is 14.7. The predicted octanol–water partition coefficient (Wildman–Crippen LogP) is 1.34. The molecule has 1 aliphatic carbocycles. The summed E-state index contributed by atoms with van der Waals surface area (Å²) < 4.78 is 5.79. The fraction of sp³-hybridized carbons (Fsp3) is 0.222. The van der Waals surface area contributed by atoms with Crippen molar-refractivity contribution in [1.29, 1.82) is 0 Å². The maximum absolute atomic E-state index is 13.3. The van der Waals surface area contributed by atoms with E-state index in [1.54, 1.807) is 30.3 Å². The smallest absolute Gasteiger partial charge is 0.271 e. The summed E-state index contributed by atoms with van der Waals surface area (Å²) in [5.74, 6) is -2.60. The van der Waals surface area contributed by atoms with Crippen LogP contribution in [0.2, 0.25) is 0 Å². The highest BCUT2D eigenvalue weighted by molar-refractivity contribution is 6.15. The molecule has 0 radical (unpaired) electrons. The average Bonchev–Trinajstić information content (AvgIpc) is 2.86. The zero-order chi connectivity index (χ0) is 17.3. The number of benzene rings is 2. The van der Waals surface area contributed by atoms with E-state index in [9.17, 15) is 14.7 Å². The minimum Gasteiger partial charge on any atom is -0.454 e. The third-order valence-corrected chi connectivity index (χ3v) is 4.70. The number of nitrogens with one attached hydrogen (secondary N) is 1. The summed E-state index contributed by atoms with van der Waals surface area (Å²) >= 11 is 0. The van der Waals surface area contributed by atoms with E-state index in [1.807, 2.05) is 13.0 Å². The molecule has 1 aliphatic heterocycles. The minimum absolute atomic E-state index is 0.181. The number of nitrogen functional groups attached to an aromatic ring is 1. The number of carbonyl (C=O) groups is 2. The van der Waals surface area contributed by atoms with Crippen LogP contribution in [0.1, 0.15) is 34.0 Å². The Morgan fingerprint density at radius 3 is 2.71 bits per heavy atom. The third kappa shape index (κ3) is 1.48. The molecule has 4 N–H and O–H groups in total. The molecule has 0 saturated heterocycles. The Bertz CT molecular complexity index is 923. The summed E-state index contributed by atoms with van der Waals surface area (Å²) in [6.45, 7) is 3.16. The number of hydrogen-bond acceptors (Lipinski definition) is 5. The Balaban J connectivity index is 2.09. The summed E-state index contributed by atoms with van der Waals surface area (Å²) in [6.07, 6.45) is 0. The normalized spacial score (nSPS) is 26.4. The van der Waals surface area contributed by atoms with E-state index in [0.29, 0.717) is 11.3 Å². The molecule has 2 aromatic carbocycles. The lowest BCUT2D eigenvalue weighted by Gasteiger charge is -2.34. The Morgan fingerprint density at radius 1 is 1.25 bits per heavy atom. The Morgan fingerprint density at radius 2 is 2.00 bits per heavy atom. The lowest BCUT2D eigenvalue weighted by atomic mass is 9.82. The first-order valence-electron chi connectivity index (χ1n) is 7.56. The van der Waals surface area contributed by atoms with Gasteiger partial charge in [-0.2, -0.15) is 0 Å². The van der Waals surface area contributed by atoms with Gasteiger partial charge in [0.15, 0.2) is 0 Å². The predicted molar refractivity (Wildman–Crippen MR) is 86.4 cm³/mol. The third-order valence-electron chi connectivity index (χ3n) is 4.70. The van der Waals surface area contributed by atoms with Gasteiger partial charge in [0, 0.05) is 23.7 Å². The van der Waals surface area contributed by atoms with Gasteiger partial charge in [-0.25, -0.2) is 0 Å². The number of Topliss-reactive ketones (excluding diaryl/α,β-unsaturated/α-hetero) is 1. The van der Waals surface area contributed by atoms with Gasteiger partial charge >= 0.3 is 0 Å². The first-order valence-corrected chi connectivity index (χ1v) is 7.56. The molecule has 2 aromatic rings. The van der Waals surface area contributed by atoms with Crippen molar-refractivity contribution in [1.82, 2.24) is 5.32 Å². The lowest BCUT2D eigenvalue weighted by Crippen LogP contribution is -2.59. The van der Waals surface area contributed by atoms with Gasteiger partial charge < -0.3 is 20.9 Å². The van der Waals surface area contributed by atoms with Gasteiger partial charge in [-0.3, -0.25) is 9.59 Å². The minimum atomic E-state index is -2.03. The van der Waals surface area contributed by atoms with Crippen LogP contribution >= 0.6 is 0 Å². The number of fused-ring (bicyclic) bond motifs is 5. The molecule has 6 nitrogen and oxygen atoms in total. The Labute approximate surface area is 138 Å². The quantitative estimate of drug-likeness (QED) is 0.687. The van der Waals surface area contributed by atoms with Crippen LogP contribution in [0.5, 0.6) is 5.75 Å². The van der Waals surface area contributed by atoms with Crippen LogP contribution in [0.4, 0.5) is 5.69 Å². The molecule has 24 heavy (non-hydrogen) atoms. The van der Waals surface area contributed by atoms with Crippen molar-refractivity contribution < 1.29 is 19.4 Å². The maximum Gasteiger partial charge on any atom is 0.271 e. The van der Waals surface area contributed by atoms with Crippen LogP contribution in [0.25, 0.3) is 0 Å².